The van der Waals surface area contributed by atoms with Crippen LogP contribution in [0.25, 0.3) is 0 Å². The minimum atomic E-state index is -0.173. The molecule has 3 rings (SSSR count). The fraction of sp³-hybridized carbons (Fsp3) is 0.529. The topological polar surface area (TPSA) is 73.5 Å². The standard InChI is InChI=1S/C17H24N4O2.ClH/c22-16(19-10-15-6-3-8-18-15)11-20-17(23)21-9-7-13-4-1-2-5-14(13)12-21;/h1-2,4-5,15,18H,3,6-12H2,(H,19,22)(H,20,23);1H. The Bertz CT molecular complexity index is 575. The van der Waals surface area contributed by atoms with Crippen LogP contribution in [0.2, 0.25) is 0 Å². The van der Waals surface area contributed by atoms with Gasteiger partial charge in [-0.2, -0.15) is 0 Å². The van der Waals surface area contributed by atoms with Gasteiger partial charge in [0.15, 0.2) is 0 Å². The first kappa shape index (κ1) is 18.5. The number of halogens is 1. The van der Waals surface area contributed by atoms with Gasteiger partial charge in [0.2, 0.25) is 5.91 Å². The van der Waals surface area contributed by atoms with Gasteiger partial charge in [-0.1, -0.05) is 24.3 Å². The molecule has 3 N–H and O–H groups in total. The Morgan fingerprint density at radius 3 is 2.75 bits per heavy atom. The van der Waals surface area contributed by atoms with E-state index in [1.807, 2.05) is 12.1 Å². The molecule has 0 saturated carbocycles. The minimum Gasteiger partial charge on any atom is -0.353 e. The van der Waals surface area contributed by atoms with Crippen LogP contribution >= 0.6 is 12.4 Å². The van der Waals surface area contributed by atoms with Gasteiger partial charge >= 0.3 is 6.03 Å². The summed E-state index contributed by atoms with van der Waals surface area (Å²) in [4.78, 5) is 25.8. The number of urea groups is 1. The zero-order valence-electron chi connectivity index (χ0n) is 13.7. The fourth-order valence-corrected chi connectivity index (χ4v) is 3.17. The summed E-state index contributed by atoms with van der Waals surface area (Å²) >= 11 is 0. The Balaban J connectivity index is 0.00000208. The van der Waals surface area contributed by atoms with E-state index in [0.717, 1.165) is 25.8 Å². The van der Waals surface area contributed by atoms with Crippen LogP contribution in [-0.2, 0) is 17.8 Å². The van der Waals surface area contributed by atoms with Crippen molar-refractivity contribution < 1.29 is 9.59 Å². The average Bonchev–Trinajstić information content (AvgIpc) is 3.11. The summed E-state index contributed by atoms with van der Waals surface area (Å²) in [7, 11) is 0. The predicted octanol–water partition coefficient (Wildman–Crippen LogP) is 1.04. The lowest BCUT2D eigenvalue weighted by atomic mass is 10.0. The molecule has 1 saturated heterocycles. The van der Waals surface area contributed by atoms with Crippen LogP contribution in [-0.4, -0.2) is 49.1 Å². The van der Waals surface area contributed by atoms with Crippen LogP contribution in [0.1, 0.15) is 24.0 Å². The number of amides is 3. The number of carbonyl (C=O) groups is 2. The number of benzene rings is 1. The Labute approximate surface area is 148 Å². The molecular weight excluding hydrogens is 328 g/mol. The maximum Gasteiger partial charge on any atom is 0.318 e. The molecule has 1 atom stereocenters. The van der Waals surface area contributed by atoms with Gasteiger partial charge < -0.3 is 20.9 Å². The fourth-order valence-electron chi connectivity index (χ4n) is 3.17. The Kier molecular flexibility index (Phi) is 6.87. The summed E-state index contributed by atoms with van der Waals surface area (Å²) < 4.78 is 0. The van der Waals surface area contributed by atoms with Crippen molar-refractivity contribution in [3.63, 3.8) is 0 Å². The molecule has 0 aromatic heterocycles. The molecule has 1 aromatic carbocycles. The molecule has 2 aliphatic rings. The molecule has 0 spiro atoms. The van der Waals surface area contributed by atoms with E-state index in [1.165, 1.54) is 11.1 Å². The molecule has 0 bridgehead atoms. The zero-order valence-corrected chi connectivity index (χ0v) is 14.5. The molecule has 7 heteroatoms. The molecule has 2 heterocycles. The van der Waals surface area contributed by atoms with Crippen LogP contribution in [0.15, 0.2) is 24.3 Å². The highest BCUT2D eigenvalue weighted by molar-refractivity contribution is 5.85. The summed E-state index contributed by atoms with van der Waals surface area (Å²) in [6.45, 7) is 2.98. The van der Waals surface area contributed by atoms with Crippen molar-refractivity contribution in [2.24, 2.45) is 0 Å². The molecule has 0 aliphatic carbocycles. The summed E-state index contributed by atoms with van der Waals surface area (Å²) in [5.41, 5.74) is 2.49. The van der Waals surface area contributed by atoms with Crippen molar-refractivity contribution in [2.45, 2.75) is 31.8 Å². The Morgan fingerprint density at radius 2 is 2.00 bits per heavy atom. The van der Waals surface area contributed by atoms with Gasteiger partial charge in [-0.05, 0) is 36.9 Å². The van der Waals surface area contributed by atoms with Crippen molar-refractivity contribution in [3.8, 4) is 0 Å². The Morgan fingerprint density at radius 1 is 1.21 bits per heavy atom. The molecule has 132 valence electrons. The maximum atomic E-state index is 12.2. The number of nitrogens with zero attached hydrogens (tertiary/aromatic N) is 1. The van der Waals surface area contributed by atoms with Gasteiger partial charge in [0.25, 0.3) is 0 Å². The van der Waals surface area contributed by atoms with Crippen LogP contribution in [0.3, 0.4) is 0 Å². The second-order valence-corrected chi connectivity index (χ2v) is 6.20. The van der Waals surface area contributed by atoms with Crippen molar-refractivity contribution in [3.05, 3.63) is 35.4 Å². The molecule has 1 aromatic rings. The van der Waals surface area contributed by atoms with E-state index in [4.69, 9.17) is 0 Å². The van der Waals surface area contributed by atoms with E-state index in [2.05, 4.69) is 28.1 Å². The van der Waals surface area contributed by atoms with Crippen molar-refractivity contribution >= 4 is 24.3 Å². The molecule has 6 nitrogen and oxygen atoms in total. The average molecular weight is 353 g/mol. The molecule has 1 unspecified atom stereocenters. The van der Waals surface area contributed by atoms with E-state index < -0.39 is 0 Å². The quantitative estimate of drug-likeness (QED) is 0.758. The Hall–Kier alpha value is -1.79. The van der Waals surface area contributed by atoms with Gasteiger partial charge in [-0.3, -0.25) is 4.79 Å². The highest BCUT2D eigenvalue weighted by Gasteiger charge is 2.21. The summed E-state index contributed by atoms with van der Waals surface area (Å²) in [5, 5.41) is 8.90. The van der Waals surface area contributed by atoms with Crippen LogP contribution in [0, 0.1) is 0 Å². The molecule has 3 amide bonds. The van der Waals surface area contributed by atoms with Gasteiger partial charge in [-0.15, -0.1) is 12.4 Å². The smallest absolute Gasteiger partial charge is 0.318 e. The van der Waals surface area contributed by atoms with E-state index in [1.54, 1.807) is 4.90 Å². The van der Waals surface area contributed by atoms with Crippen LogP contribution in [0.5, 0.6) is 0 Å². The highest BCUT2D eigenvalue weighted by Crippen LogP contribution is 2.18. The monoisotopic (exact) mass is 352 g/mol. The summed E-state index contributed by atoms with van der Waals surface area (Å²) in [6, 6.07) is 8.37. The third-order valence-corrected chi connectivity index (χ3v) is 4.53. The number of hydrogen-bond donors (Lipinski definition) is 3. The predicted molar refractivity (Wildman–Crippen MR) is 95.2 cm³/mol. The molecule has 24 heavy (non-hydrogen) atoms. The lowest BCUT2D eigenvalue weighted by Gasteiger charge is -2.28. The molecule has 1 fully saturated rings. The zero-order chi connectivity index (χ0) is 16.1. The lowest BCUT2D eigenvalue weighted by Crippen LogP contribution is -2.47. The SMILES string of the molecule is Cl.O=C(CNC(=O)N1CCc2ccccc2C1)NCC1CCCN1. The number of carbonyl (C=O) groups excluding carboxylic acids is 2. The number of fused-ring (bicyclic) bond motifs is 1. The largest absolute Gasteiger partial charge is 0.353 e. The first-order valence-corrected chi connectivity index (χ1v) is 8.32. The first-order chi connectivity index (χ1) is 11.2. The lowest BCUT2D eigenvalue weighted by molar-refractivity contribution is -0.120. The van der Waals surface area contributed by atoms with Gasteiger partial charge in [0, 0.05) is 25.7 Å². The van der Waals surface area contributed by atoms with Gasteiger partial charge in [-0.25, -0.2) is 4.79 Å². The maximum absolute atomic E-state index is 12.2. The third-order valence-electron chi connectivity index (χ3n) is 4.53. The van der Waals surface area contributed by atoms with Gasteiger partial charge in [0.1, 0.15) is 0 Å². The second-order valence-electron chi connectivity index (χ2n) is 6.20. The molecule has 2 aliphatic heterocycles. The minimum absolute atomic E-state index is 0. The van der Waals surface area contributed by atoms with Crippen molar-refractivity contribution in [2.75, 3.05) is 26.2 Å². The number of nitrogens with one attached hydrogen (secondary N) is 3. The number of rotatable bonds is 4. The third kappa shape index (κ3) is 4.85. The van der Waals surface area contributed by atoms with Gasteiger partial charge in [0.05, 0.1) is 6.54 Å². The summed E-state index contributed by atoms with van der Waals surface area (Å²) in [6.07, 6.45) is 3.12. The second kappa shape index (κ2) is 8.89. The molecular formula is C17H25ClN4O2. The van der Waals surface area contributed by atoms with E-state index >= 15 is 0 Å². The first-order valence-electron chi connectivity index (χ1n) is 8.32. The van der Waals surface area contributed by atoms with E-state index in [9.17, 15) is 9.59 Å². The van der Waals surface area contributed by atoms with E-state index in [0.29, 0.717) is 25.7 Å². The van der Waals surface area contributed by atoms with Crippen LogP contribution in [0.4, 0.5) is 4.79 Å². The summed E-state index contributed by atoms with van der Waals surface area (Å²) in [5.74, 6) is -0.135. The van der Waals surface area contributed by atoms with E-state index in [-0.39, 0.29) is 30.9 Å². The number of hydrogen-bond acceptors (Lipinski definition) is 3. The normalized spacial score (nSPS) is 19.2. The van der Waals surface area contributed by atoms with Crippen LogP contribution < -0.4 is 16.0 Å². The van der Waals surface area contributed by atoms with Crippen molar-refractivity contribution in [1.82, 2.24) is 20.9 Å². The highest BCUT2D eigenvalue weighted by atomic mass is 35.5. The van der Waals surface area contributed by atoms with Crippen molar-refractivity contribution in [1.29, 1.82) is 0 Å². The molecule has 0 radical (unpaired) electrons.